The molecule has 1 aromatic rings. The largest absolute Gasteiger partial charge is 0.417 e. The van der Waals surface area contributed by atoms with Gasteiger partial charge in [-0.05, 0) is 6.07 Å². The topological polar surface area (TPSA) is 12.9 Å². The molecule has 0 radical (unpaired) electrons. The van der Waals surface area contributed by atoms with E-state index in [1.807, 2.05) is 0 Å². The van der Waals surface area contributed by atoms with Crippen LogP contribution in [0.3, 0.4) is 0 Å². The molecule has 0 saturated heterocycles. The summed E-state index contributed by atoms with van der Waals surface area (Å²) in [6.45, 7) is 0. The van der Waals surface area contributed by atoms with Crippen LogP contribution in [0.15, 0.2) is 17.3 Å². The third-order valence-corrected chi connectivity index (χ3v) is 1.93. The lowest BCUT2D eigenvalue weighted by molar-refractivity contribution is -0.137. The average molecular weight is 214 g/mol. The molecule has 12 heavy (non-hydrogen) atoms. The standard InChI is InChI=1S/C6H3ClF3NS/c7-4-1-3(6(8,9)10)2-11-5(4)12/h1-2H,(H,11,12). The van der Waals surface area contributed by atoms with Gasteiger partial charge in [-0.15, -0.1) is 12.6 Å². The van der Waals surface area contributed by atoms with Crippen LogP contribution >= 0.6 is 24.2 Å². The molecule has 0 amide bonds. The Bertz CT molecular complexity index is 299. The molecule has 66 valence electrons. The predicted octanol–water partition coefficient (Wildman–Crippen LogP) is 3.04. The Kier molecular flexibility index (Phi) is 2.53. The number of alkyl halides is 3. The van der Waals surface area contributed by atoms with Crippen LogP contribution in [0.4, 0.5) is 13.2 Å². The third-order valence-electron chi connectivity index (χ3n) is 1.15. The number of aromatic nitrogens is 1. The van der Waals surface area contributed by atoms with Gasteiger partial charge < -0.3 is 0 Å². The molecule has 0 aliphatic carbocycles. The Hall–Kier alpha value is -0.420. The molecule has 0 aromatic carbocycles. The van der Waals surface area contributed by atoms with Crippen molar-refractivity contribution in [3.63, 3.8) is 0 Å². The fourth-order valence-corrected chi connectivity index (χ4v) is 0.874. The van der Waals surface area contributed by atoms with Gasteiger partial charge in [0.1, 0.15) is 5.03 Å². The Labute approximate surface area is 77.0 Å². The van der Waals surface area contributed by atoms with Crippen LogP contribution in [0.5, 0.6) is 0 Å². The minimum absolute atomic E-state index is 0.0877. The molecule has 1 rings (SSSR count). The van der Waals surface area contributed by atoms with Crippen LogP contribution in [0.1, 0.15) is 5.56 Å². The average Bonchev–Trinajstić information content (AvgIpc) is 1.92. The summed E-state index contributed by atoms with van der Waals surface area (Å²) in [6.07, 6.45) is -3.72. The number of hydrogen-bond acceptors (Lipinski definition) is 2. The van der Waals surface area contributed by atoms with Gasteiger partial charge in [0.25, 0.3) is 0 Å². The van der Waals surface area contributed by atoms with Crippen LogP contribution < -0.4 is 0 Å². The van der Waals surface area contributed by atoms with E-state index in [-0.39, 0.29) is 10.0 Å². The molecule has 1 aromatic heterocycles. The number of thiol groups is 1. The molecule has 0 fully saturated rings. The first-order chi connectivity index (χ1) is 5.41. The summed E-state index contributed by atoms with van der Waals surface area (Å²) in [5.74, 6) is 0. The predicted molar refractivity (Wildman–Crippen MR) is 41.5 cm³/mol. The Morgan fingerprint density at radius 3 is 2.42 bits per heavy atom. The zero-order valence-corrected chi connectivity index (χ0v) is 7.21. The molecule has 0 bridgehead atoms. The number of hydrogen-bond donors (Lipinski definition) is 1. The maximum Gasteiger partial charge on any atom is 0.417 e. The van der Waals surface area contributed by atoms with Gasteiger partial charge in [-0.25, -0.2) is 4.98 Å². The van der Waals surface area contributed by atoms with Crippen molar-refractivity contribution in [2.24, 2.45) is 0 Å². The summed E-state index contributed by atoms with van der Waals surface area (Å²) in [7, 11) is 0. The quantitative estimate of drug-likeness (QED) is 0.654. The highest BCUT2D eigenvalue weighted by Gasteiger charge is 2.31. The van der Waals surface area contributed by atoms with Gasteiger partial charge in [-0.3, -0.25) is 0 Å². The Morgan fingerprint density at radius 2 is 2.00 bits per heavy atom. The second-order valence-electron chi connectivity index (χ2n) is 2.03. The van der Waals surface area contributed by atoms with Crippen LogP contribution in [-0.2, 0) is 6.18 Å². The summed E-state index contributed by atoms with van der Waals surface area (Å²) in [5.41, 5.74) is -0.870. The van der Waals surface area contributed by atoms with E-state index in [1.54, 1.807) is 0 Å². The van der Waals surface area contributed by atoms with E-state index in [0.29, 0.717) is 6.20 Å². The normalized spacial score (nSPS) is 11.8. The zero-order valence-electron chi connectivity index (χ0n) is 5.56. The lowest BCUT2D eigenvalue weighted by Crippen LogP contribution is -2.05. The van der Waals surface area contributed by atoms with Crippen LogP contribution in [-0.4, -0.2) is 4.98 Å². The first kappa shape index (κ1) is 9.67. The van der Waals surface area contributed by atoms with Crippen molar-refractivity contribution < 1.29 is 13.2 Å². The van der Waals surface area contributed by atoms with Crippen LogP contribution in [0.25, 0.3) is 0 Å². The highest BCUT2D eigenvalue weighted by molar-refractivity contribution is 7.80. The third kappa shape index (κ3) is 2.04. The van der Waals surface area contributed by atoms with Gasteiger partial charge in [-0.1, -0.05) is 11.6 Å². The van der Waals surface area contributed by atoms with E-state index in [2.05, 4.69) is 17.6 Å². The summed E-state index contributed by atoms with van der Waals surface area (Å²) < 4.78 is 35.9. The van der Waals surface area contributed by atoms with E-state index in [4.69, 9.17) is 11.6 Å². The molecule has 1 nitrogen and oxygen atoms in total. The molecule has 0 aliphatic heterocycles. The van der Waals surface area contributed by atoms with E-state index < -0.39 is 11.7 Å². The monoisotopic (exact) mass is 213 g/mol. The Morgan fingerprint density at radius 1 is 1.42 bits per heavy atom. The van der Waals surface area contributed by atoms with Crippen molar-refractivity contribution in [3.05, 3.63) is 22.8 Å². The molecule has 6 heteroatoms. The molecular formula is C6H3ClF3NS. The van der Waals surface area contributed by atoms with Crippen molar-refractivity contribution in [2.45, 2.75) is 11.2 Å². The molecule has 0 N–H and O–H groups in total. The molecule has 0 aliphatic rings. The van der Waals surface area contributed by atoms with Crippen molar-refractivity contribution >= 4 is 24.2 Å². The van der Waals surface area contributed by atoms with E-state index in [1.165, 1.54) is 0 Å². The molecule has 0 unspecified atom stereocenters. The van der Waals surface area contributed by atoms with Crippen molar-refractivity contribution in [1.82, 2.24) is 4.98 Å². The van der Waals surface area contributed by atoms with Gasteiger partial charge >= 0.3 is 6.18 Å². The zero-order chi connectivity index (χ0) is 9.35. The first-order valence-electron chi connectivity index (χ1n) is 2.83. The minimum Gasteiger partial charge on any atom is -0.248 e. The van der Waals surface area contributed by atoms with E-state index in [0.717, 1.165) is 6.07 Å². The minimum atomic E-state index is -4.40. The highest BCUT2D eigenvalue weighted by atomic mass is 35.5. The number of pyridine rings is 1. The molecule has 1 heterocycles. The fourth-order valence-electron chi connectivity index (χ4n) is 0.586. The summed E-state index contributed by atoms with van der Waals surface area (Å²) in [5, 5.41) is -0.0159. The maximum absolute atomic E-state index is 12.0. The lowest BCUT2D eigenvalue weighted by atomic mass is 10.3. The van der Waals surface area contributed by atoms with Gasteiger partial charge in [0.05, 0.1) is 10.6 Å². The van der Waals surface area contributed by atoms with Gasteiger partial charge in [0.2, 0.25) is 0 Å². The van der Waals surface area contributed by atoms with Crippen molar-refractivity contribution in [2.75, 3.05) is 0 Å². The van der Waals surface area contributed by atoms with E-state index >= 15 is 0 Å². The summed E-state index contributed by atoms with van der Waals surface area (Å²) in [6, 6.07) is 0.789. The SMILES string of the molecule is FC(F)(F)c1cnc(S)c(Cl)c1. The first-order valence-corrected chi connectivity index (χ1v) is 3.65. The number of rotatable bonds is 0. The Balaban J connectivity index is 3.14. The van der Waals surface area contributed by atoms with Crippen molar-refractivity contribution in [3.8, 4) is 0 Å². The smallest absolute Gasteiger partial charge is 0.248 e. The van der Waals surface area contributed by atoms with Crippen LogP contribution in [0.2, 0.25) is 5.02 Å². The summed E-state index contributed by atoms with van der Waals surface area (Å²) >= 11 is 9.11. The van der Waals surface area contributed by atoms with Crippen LogP contribution in [0, 0.1) is 0 Å². The number of halogens is 4. The molecule has 0 atom stereocenters. The number of nitrogens with zero attached hydrogens (tertiary/aromatic N) is 1. The van der Waals surface area contributed by atoms with Gasteiger partial charge in [0, 0.05) is 6.20 Å². The highest BCUT2D eigenvalue weighted by Crippen LogP contribution is 2.31. The fraction of sp³-hybridized carbons (Fsp3) is 0.167. The maximum atomic E-state index is 12.0. The van der Waals surface area contributed by atoms with Crippen molar-refractivity contribution in [1.29, 1.82) is 0 Å². The molecule has 0 spiro atoms. The summed E-state index contributed by atoms with van der Waals surface area (Å²) in [4.78, 5) is 3.36. The molecular weight excluding hydrogens is 211 g/mol. The van der Waals surface area contributed by atoms with E-state index in [9.17, 15) is 13.2 Å². The van der Waals surface area contributed by atoms with Gasteiger partial charge in [-0.2, -0.15) is 13.2 Å². The van der Waals surface area contributed by atoms with Gasteiger partial charge in [0.15, 0.2) is 0 Å². The second-order valence-corrected chi connectivity index (χ2v) is 2.86. The molecule has 0 saturated carbocycles. The second kappa shape index (κ2) is 3.14. The lowest BCUT2D eigenvalue weighted by Gasteiger charge is -2.06.